The number of hydrogen-bond donors (Lipinski definition) is 1. The first-order valence-corrected chi connectivity index (χ1v) is 8.03. The quantitative estimate of drug-likeness (QED) is 0.668. The summed E-state index contributed by atoms with van der Waals surface area (Å²) in [7, 11) is 3.84. The van der Waals surface area contributed by atoms with Crippen molar-refractivity contribution >= 4 is 17.6 Å². The summed E-state index contributed by atoms with van der Waals surface area (Å²) in [6, 6.07) is 3.87. The molecule has 6 heteroatoms. The van der Waals surface area contributed by atoms with Crippen LogP contribution in [-0.2, 0) is 6.54 Å². The van der Waals surface area contributed by atoms with E-state index in [1.54, 1.807) is 7.05 Å². The first-order valence-electron chi connectivity index (χ1n) is 7.65. The normalized spacial score (nSPS) is 13.9. The molecule has 122 valence electrons. The van der Waals surface area contributed by atoms with E-state index in [-0.39, 0.29) is 0 Å². The summed E-state index contributed by atoms with van der Waals surface area (Å²) in [5.74, 6) is 2.23. The molecule has 5 nitrogen and oxygen atoms in total. The van der Waals surface area contributed by atoms with Crippen LogP contribution in [0.5, 0.6) is 11.5 Å². The first kappa shape index (κ1) is 16.7. The molecule has 1 aliphatic rings. The number of halogens is 1. The van der Waals surface area contributed by atoms with Gasteiger partial charge < -0.3 is 19.7 Å². The summed E-state index contributed by atoms with van der Waals surface area (Å²) in [5, 5.41) is 3.94. The maximum Gasteiger partial charge on any atom is 0.193 e. The third kappa shape index (κ3) is 4.19. The summed E-state index contributed by atoms with van der Waals surface area (Å²) in [6.45, 7) is 4.90. The van der Waals surface area contributed by atoms with Gasteiger partial charge in [0.15, 0.2) is 17.5 Å². The van der Waals surface area contributed by atoms with Crippen molar-refractivity contribution in [1.29, 1.82) is 0 Å². The lowest BCUT2D eigenvalue weighted by Crippen LogP contribution is -2.39. The largest absolute Gasteiger partial charge is 0.486 e. The van der Waals surface area contributed by atoms with Crippen LogP contribution in [0.1, 0.15) is 25.3 Å². The van der Waals surface area contributed by atoms with Crippen LogP contribution in [0.2, 0.25) is 5.02 Å². The van der Waals surface area contributed by atoms with Crippen molar-refractivity contribution in [2.45, 2.75) is 26.3 Å². The predicted octanol–water partition coefficient (Wildman–Crippen LogP) is 2.92. The SMILES string of the molecule is CCCCN(C)C(=NC)NCc1cc(Cl)c2c(c1)OCCO2. The van der Waals surface area contributed by atoms with Crippen LogP contribution in [0.25, 0.3) is 0 Å². The van der Waals surface area contributed by atoms with Gasteiger partial charge in [0, 0.05) is 27.2 Å². The highest BCUT2D eigenvalue weighted by Gasteiger charge is 2.16. The minimum absolute atomic E-state index is 0.541. The monoisotopic (exact) mass is 325 g/mol. The van der Waals surface area contributed by atoms with E-state index in [2.05, 4.69) is 22.1 Å². The molecule has 0 unspecified atom stereocenters. The summed E-state index contributed by atoms with van der Waals surface area (Å²) in [6.07, 6.45) is 2.31. The molecule has 0 amide bonds. The molecule has 1 aliphatic heterocycles. The van der Waals surface area contributed by atoms with Crippen LogP contribution >= 0.6 is 11.6 Å². The Morgan fingerprint density at radius 3 is 2.86 bits per heavy atom. The molecule has 0 saturated heterocycles. The van der Waals surface area contributed by atoms with E-state index in [0.29, 0.717) is 36.3 Å². The minimum Gasteiger partial charge on any atom is -0.486 e. The second kappa shape index (κ2) is 8.13. The van der Waals surface area contributed by atoms with Crippen LogP contribution in [0, 0.1) is 0 Å². The Morgan fingerprint density at radius 1 is 1.36 bits per heavy atom. The Bertz CT molecular complexity index is 534. The zero-order chi connectivity index (χ0) is 15.9. The summed E-state index contributed by atoms with van der Waals surface area (Å²) >= 11 is 6.25. The number of rotatable bonds is 5. The van der Waals surface area contributed by atoms with Crippen LogP contribution in [0.4, 0.5) is 0 Å². The van der Waals surface area contributed by atoms with Crippen LogP contribution in [0.15, 0.2) is 17.1 Å². The molecule has 0 spiro atoms. The van der Waals surface area contributed by atoms with E-state index in [4.69, 9.17) is 21.1 Å². The van der Waals surface area contributed by atoms with E-state index < -0.39 is 0 Å². The number of unbranched alkanes of at least 4 members (excludes halogenated alkanes) is 1. The number of fused-ring (bicyclic) bond motifs is 1. The molecular formula is C16H24ClN3O2. The van der Waals surface area contributed by atoms with Crippen molar-refractivity contribution in [2.75, 3.05) is 33.9 Å². The lowest BCUT2D eigenvalue weighted by atomic mass is 10.2. The highest BCUT2D eigenvalue weighted by atomic mass is 35.5. The molecular weight excluding hydrogens is 302 g/mol. The maximum atomic E-state index is 6.25. The fraction of sp³-hybridized carbons (Fsp3) is 0.562. The highest BCUT2D eigenvalue weighted by Crippen LogP contribution is 2.38. The number of nitrogens with zero attached hydrogens (tertiary/aromatic N) is 2. The number of ether oxygens (including phenoxy) is 2. The van der Waals surface area contributed by atoms with Gasteiger partial charge in [-0.25, -0.2) is 0 Å². The number of nitrogens with one attached hydrogen (secondary N) is 1. The fourth-order valence-electron chi connectivity index (χ4n) is 2.33. The van der Waals surface area contributed by atoms with Gasteiger partial charge in [-0.3, -0.25) is 4.99 Å². The molecule has 1 aromatic carbocycles. The van der Waals surface area contributed by atoms with Crippen LogP contribution in [0.3, 0.4) is 0 Å². The van der Waals surface area contributed by atoms with E-state index in [1.165, 1.54) is 6.42 Å². The number of aliphatic imine (C=N–C) groups is 1. The van der Waals surface area contributed by atoms with Crippen LogP contribution < -0.4 is 14.8 Å². The lowest BCUT2D eigenvalue weighted by molar-refractivity contribution is 0.171. The average molecular weight is 326 g/mol. The van der Waals surface area contributed by atoms with Crippen molar-refractivity contribution in [1.82, 2.24) is 10.2 Å². The second-order valence-corrected chi connectivity index (χ2v) is 5.68. The minimum atomic E-state index is 0.541. The smallest absolute Gasteiger partial charge is 0.193 e. The van der Waals surface area contributed by atoms with Crippen molar-refractivity contribution < 1.29 is 9.47 Å². The number of hydrogen-bond acceptors (Lipinski definition) is 3. The Labute approximate surface area is 137 Å². The van der Waals surface area contributed by atoms with Crippen molar-refractivity contribution in [3.05, 3.63) is 22.7 Å². The predicted molar refractivity (Wildman–Crippen MR) is 90.2 cm³/mol. The molecule has 1 aromatic rings. The molecule has 2 rings (SSSR count). The Hall–Kier alpha value is -1.62. The third-order valence-corrected chi connectivity index (χ3v) is 3.81. The molecule has 0 atom stereocenters. The summed E-state index contributed by atoms with van der Waals surface area (Å²) < 4.78 is 11.1. The van der Waals surface area contributed by atoms with Crippen molar-refractivity contribution in [2.24, 2.45) is 4.99 Å². The molecule has 0 aromatic heterocycles. The Balaban J connectivity index is 2.00. The summed E-state index contributed by atoms with van der Waals surface area (Å²) in [4.78, 5) is 6.44. The van der Waals surface area contributed by atoms with Gasteiger partial charge in [-0.2, -0.15) is 0 Å². The van der Waals surface area contributed by atoms with Gasteiger partial charge in [-0.1, -0.05) is 24.9 Å². The Morgan fingerprint density at radius 2 is 2.14 bits per heavy atom. The molecule has 0 radical (unpaired) electrons. The van der Waals surface area contributed by atoms with E-state index >= 15 is 0 Å². The van der Waals surface area contributed by atoms with Gasteiger partial charge in [-0.05, 0) is 24.1 Å². The van der Waals surface area contributed by atoms with Crippen LogP contribution in [-0.4, -0.2) is 44.7 Å². The zero-order valence-electron chi connectivity index (χ0n) is 13.5. The molecule has 0 aliphatic carbocycles. The highest BCUT2D eigenvalue weighted by molar-refractivity contribution is 6.32. The molecule has 0 saturated carbocycles. The summed E-state index contributed by atoms with van der Waals surface area (Å²) in [5.41, 5.74) is 1.04. The number of benzene rings is 1. The van der Waals surface area contributed by atoms with E-state index in [9.17, 15) is 0 Å². The van der Waals surface area contributed by atoms with Gasteiger partial charge in [-0.15, -0.1) is 0 Å². The topological polar surface area (TPSA) is 46.1 Å². The molecule has 1 heterocycles. The maximum absolute atomic E-state index is 6.25. The van der Waals surface area contributed by atoms with E-state index in [1.807, 2.05) is 19.2 Å². The molecule has 22 heavy (non-hydrogen) atoms. The fourth-order valence-corrected chi connectivity index (χ4v) is 2.62. The second-order valence-electron chi connectivity index (χ2n) is 5.28. The standard InChI is InChI=1S/C16H24ClN3O2/c1-4-5-6-20(3)16(18-2)19-11-12-9-13(17)15-14(10-12)21-7-8-22-15/h9-10H,4-8,11H2,1-3H3,(H,18,19). The van der Waals surface area contributed by atoms with Gasteiger partial charge >= 0.3 is 0 Å². The third-order valence-electron chi connectivity index (χ3n) is 3.53. The van der Waals surface area contributed by atoms with Crippen molar-refractivity contribution in [3.63, 3.8) is 0 Å². The molecule has 0 bridgehead atoms. The average Bonchev–Trinajstić information content (AvgIpc) is 2.53. The lowest BCUT2D eigenvalue weighted by Gasteiger charge is -2.23. The molecule has 0 fully saturated rings. The van der Waals surface area contributed by atoms with Gasteiger partial charge in [0.25, 0.3) is 0 Å². The molecule has 1 N–H and O–H groups in total. The number of guanidine groups is 1. The van der Waals surface area contributed by atoms with Gasteiger partial charge in [0.2, 0.25) is 0 Å². The van der Waals surface area contributed by atoms with Gasteiger partial charge in [0.1, 0.15) is 13.2 Å². The van der Waals surface area contributed by atoms with Gasteiger partial charge in [0.05, 0.1) is 5.02 Å². The van der Waals surface area contributed by atoms with E-state index in [0.717, 1.165) is 24.5 Å². The zero-order valence-corrected chi connectivity index (χ0v) is 14.2. The Kier molecular flexibility index (Phi) is 6.19. The first-order chi connectivity index (χ1) is 10.7. The van der Waals surface area contributed by atoms with Crippen molar-refractivity contribution in [3.8, 4) is 11.5 Å².